The smallest absolute Gasteiger partial charge is 0.396 e. The summed E-state index contributed by atoms with van der Waals surface area (Å²) in [6.45, 7) is 1.85. The predicted octanol–water partition coefficient (Wildman–Crippen LogP) is 1.19. The van der Waals surface area contributed by atoms with Gasteiger partial charge in [-0.1, -0.05) is 6.07 Å². The highest BCUT2D eigenvalue weighted by Crippen LogP contribution is 2.08. The molecule has 6 heteroatoms. The Labute approximate surface area is 103 Å². The van der Waals surface area contributed by atoms with Crippen LogP contribution in [0.4, 0.5) is 8.78 Å². The average Bonchev–Trinajstić information content (AvgIpc) is 2.34. The van der Waals surface area contributed by atoms with Crippen molar-refractivity contribution in [1.82, 2.24) is 5.32 Å². The first-order valence-corrected chi connectivity index (χ1v) is 5.43. The maximum absolute atomic E-state index is 12.9. The van der Waals surface area contributed by atoms with Gasteiger partial charge in [0.25, 0.3) is 0 Å². The van der Waals surface area contributed by atoms with Crippen molar-refractivity contribution in [2.24, 2.45) is 0 Å². The molecule has 0 fully saturated rings. The number of rotatable bonds is 4. The van der Waals surface area contributed by atoms with Crippen molar-refractivity contribution in [1.29, 1.82) is 0 Å². The number of carbonyl (C=O) groups is 2. The maximum Gasteiger partial charge on any atom is 0.396 e. The van der Waals surface area contributed by atoms with Crippen LogP contribution in [0.2, 0.25) is 0 Å². The largest absolute Gasteiger partial charge is 0.459 e. The molecule has 0 saturated heterocycles. The van der Waals surface area contributed by atoms with E-state index in [1.807, 2.05) is 0 Å². The number of halogens is 2. The number of benzene rings is 1. The number of hydrogen-bond donors (Lipinski definition) is 1. The summed E-state index contributed by atoms with van der Waals surface area (Å²) >= 11 is 0. The minimum absolute atomic E-state index is 0.120. The van der Waals surface area contributed by atoms with Crippen molar-refractivity contribution >= 4 is 11.9 Å². The lowest BCUT2D eigenvalue weighted by molar-refractivity contribution is -0.154. The average molecular weight is 257 g/mol. The lowest BCUT2D eigenvalue weighted by Crippen LogP contribution is -2.33. The molecule has 0 heterocycles. The second-order valence-corrected chi connectivity index (χ2v) is 3.47. The Kier molecular flexibility index (Phi) is 5.23. The zero-order valence-electron chi connectivity index (χ0n) is 9.83. The molecule has 0 unspecified atom stereocenters. The summed E-state index contributed by atoms with van der Waals surface area (Å²) in [5.74, 6) is -3.67. The van der Waals surface area contributed by atoms with E-state index >= 15 is 0 Å². The molecule has 0 aliphatic heterocycles. The monoisotopic (exact) mass is 257 g/mol. The first-order chi connectivity index (χ1) is 8.54. The van der Waals surface area contributed by atoms with Gasteiger partial charge < -0.3 is 10.1 Å². The van der Waals surface area contributed by atoms with Gasteiger partial charge in [0, 0.05) is 6.54 Å². The van der Waals surface area contributed by atoms with Gasteiger partial charge in [0.2, 0.25) is 0 Å². The third-order valence-electron chi connectivity index (χ3n) is 2.14. The highest BCUT2D eigenvalue weighted by molar-refractivity contribution is 6.32. The molecule has 98 valence electrons. The number of nitrogens with one attached hydrogen (secondary N) is 1. The van der Waals surface area contributed by atoms with E-state index in [9.17, 15) is 18.4 Å². The Bertz CT molecular complexity index is 449. The van der Waals surface area contributed by atoms with Crippen LogP contribution in [0, 0.1) is 11.6 Å². The van der Waals surface area contributed by atoms with Crippen LogP contribution in [0.1, 0.15) is 12.5 Å². The number of ether oxygens (including phenoxy) is 1. The molecule has 0 bridgehead atoms. The molecule has 1 aromatic carbocycles. The molecule has 0 radical (unpaired) electrons. The summed E-state index contributed by atoms with van der Waals surface area (Å²) in [4.78, 5) is 22.1. The van der Waals surface area contributed by atoms with E-state index in [1.165, 1.54) is 6.07 Å². The SMILES string of the molecule is CCOC(=O)C(=O)NCCc1ccc(F)c(F)c1. The summed E-state index contributed by atoms with van der Waals surface area (Å²) in [6, 6.07) is 3.47. The zero-order chi connectivity index (χ0) is 13.5. The van der Waals surface area contributed by atoms with E-state index in [2.05, 4.69) is 10.1 Å². The van der Waals surface area contributed by atoms with E-state index in [4.69, 9.17) is 0 Å². The molecule has 0 aromatic heterocycles. The predicted molar refractivity (Wildman–Crippen MR) is 59.7 cm³/mol. The molecule has 0 saturated carbocycles. The van der Waals surface area contributed by atoms with Crippen molar-refractivity contribution < 1.29 is 23.1 Å². The van der Waals surface area contributed by atoms with Gasteiger partial charge >= 0.3 is 11.9 Å². The number of esters is 1. The third-order valence-corrected chi connectivity index (χ3v) is 2.14. The molecule has 18 heavy (non-hydrogen) atoms. The third kappa shape index (κ3) is 4.12. The Morgan fingerprint density at radius 1 is 1.28 bits per heavy atom. The van der Waals surface area contributed by atoms with Crippen LogP contribution in [-0.2, 0) is 20.7 Å². The molecule has 1 rings (SSSR count). The Hall–Kier alpha value is -1.98. The van der Waals surface area contributed by atoms with E-state index < -0.39 is 23.5 Å². The molecule has 1 N–H and O–H groups in total. The molecule has 1 amide bonds. The Morgan fingerprint density at radius 3 is 2.61 bits per heavy atom. The van der Waals surface area contributed by atoms with Crippen molar-refractivity contribution in [3.63, 3.8) is 0 Å². The number of hydrogen-bond acceptors (Lipinski definition) is 3. The maximum atomic E-state index is 12.9. The van der Waals surface area contributed by atoms with Crippen LogP contribution in [0.15, 0.2) is 18.2 Å². The quantitative estimate of drug-likeness (QED) is 0.651. The second-order valence-electron chi connectivity index (χ2n) is 3.47. The van der Waals surface area contributed by atoms with Crippen molar-refractivity contribution in [3.05, 3.63) is 35.4 Å². The fraction of sp³-hybridized carbons (Fsp3) is 0.333. The second kappa shape index (κ2) is 6.68. The van der Waals surface area contributed by atoms with Gasteiger partial charge in [-0.25, -0.2) is 13.6 Å². The van der Waals surface area contributed by atoms with Gasteiger partial charge in [0.1, 0.15) is 0 Å². The normalized spacial score (nSPS) is 9.94. The van der Waals surface area contributed by atoms with Gasteiger partial charge in [-0.3, -0.25) is 4.79 Å². The van der Waals surface area contributed by atoms with Crippen molar-refractivity contribution in [3.8, 4) is 0 Å². The Morgan fingerprint density at radius 2 is 2.00 bits per heavy atom. The molecule has 4 nitrogen and oxygen atoms in total. The van der Waals surface area contributed by atoms with Crippen molar-refractivity contribution in [2.75, 3.05) is 13.2 Å². The number of amides is 1. The highest BCUT2D eigenvalue weighted by atomic mass is 19.2. The van der Waals surface area contributed by atoms with Gasteiger partial charge in [-0.15, -0.1) is 0 Å². The first kappa shape index (κ1) is 14.1. The van der Waals surface area contributed by atoms with Crippen LogP contribution in [-0.4, -0.2) is 25.0 Å². The van der Waals surface area contributed by atoms with Gasteiger partial charge in [0.15, 0.2) is 11.6 Å². The lowest BCUT2D eigenvalue weighted by Gasteiger charge is -2.05. The lowest BCUT2D eigenvalue weighted by atomic mass is 10.1. The summed E-state index contributed by atoms with van der Waals surface area (Å²) < 4.78 is 30.0. The van der Waals surface area contributed by atoms with Crippen molar-refractivity contribution in [2.45, 2.75) is 13.3 Å². The van der Waals surface area contributed by atoms with E-state index in [0.29, 0.717) is 12.0 Å². The van der Waals surface area contributed by atoms with Crippen LogP contribution in [0.5, 0.6) is 0 Å². The van der Waals surface area contributed by atoms with Gasteiger partial charge in [0.05, 0.1) is 6.61 Å². The summed E-state index contributed by atoms with van der Waals surface area (Å²) in [6.07, 6.45) is 0.294. The fourth-order valence-electron chi connectivity index (χ4n) is 1.28. The summed E-state index contributed by atoms with van der Waals surface area (Å²) in [5, 5.41) is 2.32. The van der Waals surface area contributed by atoms with E-state index in [1.54, 1.807) is 6.92 Å². The van der Waals surface area contributed by atoms with E-state index in [-0.39, 0.29) is 13.2 Å². The van der Waals surface area contributed by atoms with Crippen LogP contribution in [0.25, 0.3) is 0 Å². The summed E-state index contributed by atoms with van der Waals surface area (Å²) in [7, 11) is 0. The first-order valence-electron chi connectivity index (χ1n) is 5.43. The highest BCUT2D eigenvalue weighted by Gasteiger charge is 2.13. The minimum Gasteiger partial charge on any atom is -0.459 e. The summed E-state index contributed by atoms with van der Waals surface area (Å²) in [5.41, 5.74) is 0.526. The van der Waals surface area contributed by atoms with Gasteiger partial charge in [-0.2, -0.15) is 0 Å². The standard InChI is InChI=1S/C12H13F2NO3/c1-2-18-12(17)11(16)15-6-5-8-3-4-9(13)10(14)7-8/h3-4,7H,2,5-6H2,1H3,(H,15,16). The van der Waals surface area contributed by atoms with Crippen LogP contribution >= 0.6 is 0 Å². The number of carbonyl (C=O) groups excluding carboxylic acids is 2. The Balaban J connectivity index is 2.39. The topological polar surface area (TPSA) is 55.4 Å². The molecular formula is C12H13F2NO3. The van der Waals surface area contributed by atoms with Gasteiger partial charge in [-0.05, 0) is 31.0 Å². The molecule has 0 aliphatic rings. The molecule has 0 atom stereocenters. The minimum atomic E-state index is -0.956. The van der Waals surface area contributed by atoms with E-state index in [0.717, 1.165) is 12.1 Å². The fourth-order valence-corrected chi connectivity index (χ4v) is 1.28. The molecule has 0 spiro atoms. The molecule has 1 aromatic rings. The van der Waals surface area contributed by atoms with Crippen LogP contribution < -0.4 is 5.32 Å². The van der Waals surface area contributed by atoms with Crippen LogP contribution in [0.3, 0.4) is 0 Å². The molecular weight excluding hydrogens is 244 g/mol. The zero-order valence-corrected chi connectivity index (χ0v) is 9.83. The molecule has 0 aliphatic carbocycles.